The lowest BCUT2D eigenvalue weighted by atomic mass is 9.94. The summed E-state index contributed by atoms with van der Waals surface area (Å²) in [7, 11) is 1.55. The molecule has 4 atom stereocenters. The number of fused-ring (bicyclic) bond motifs is 1. The number of benzene rings is 1. The predicted molar refractivity (Wildman–Crippen MR) is 125 cm³/mol. The van der Waals surface area contributed by atoms with Gasteiger partial charge in [-0.05, 0) is 43.4 Å². The van der Waals surface area contributed by atoms with Crippen LogP contribution in [0, 0.1) is 23.2 Å². The van der Waals surface area contributed by atoms with Gasteiger partial charge in [0, 0.05) is 23.4 Å². The Hall–Kier alpha value is -3.58. The van der Waals surface area contributed by atoms with Crippen LogP contribution >= 0.6 is 0 Å². The van der Waals surface area contributed by atoms with E-state index in [1.165, 1.54) is 0 Å². The zero-order valence-corrected chi connectivity index (χ0v) is 19.6. The first kappa shape index (κ1) is 25.1. The van der Waals surface area contributed by atoms with Crippen molar-refractivity contribution in [2.24, 2.45) is 11.8 Å². The average Bonchev–Trinajstić information content (AvgIpc) is 3.43. The van der Waals surface area contributed by atoms with Crippen LogP contribution < -0.4 is 20.7 Å². The number of amides is 3. The van der Waals surface area contributed by atoms with Crippen molar-refractivity contribution in [1.82, 2.24) is 20.9 Å². The second-order valence-corrected chi connectivity index (χ2v) is 8.96. The Morgan fingerprint density at radius 1 is 1.32 bits per heavy atom. The lowest BCUT2D eigenvalue weighted by Crippen LogP contribution is -2.53. The van der Waals surface area contributed by atoms with Gasteiger partial charge in [-0.25, -0.2) is 0 Å². The normalized spacial score (nSPS) is 18.1. The van der Waals surface area contributed by atoms with Crippen LogP contribution in [0.1, 0.15) is 43.6 Å². The summed E-state index contributed by atoms with van der Waals surface area (Å²) in [6.45, 7) is 4.36. The van der Waals surface area contributed by atoms with Crippen LogP contribution in [0.5, 0.6) is 5.75 Å². The quantitative estimate of drug-likeness (QED) is 0.329. The van der Waals surface area contributed by atoms with E-state index in [-0.39, 0.29) is 23.9 Å². The largest absolute Gasteiger partial charge is 0.496 e. The molecule has 0 radical (unpaired) electrons. The third-order valence-corrected chi connectivity index (χ3v) is 5.96. The number of carbonyl (C=O) groups excluding carboxylic acids is 3. The Kier molecular flexibility index (Phi) is 8.12. The summed E-state index contributed by atoms with van der Waals surface area (Å²) in [4.78, 5) is 41.1. The van der Waals surface area contributed by atoms with Crippen LogP contribution in [-0.4, -0.2) is 59.7 Å². The van der Waals surface area contributed by atoms with Gasteiger partial charge in [0.25, 0.3) is 5.91 Å². The van der Waals surface area contributed by atoms with Gasteiger partial charge in [-0.1, -0.05) is 19.9 Å². The standard InChI is InChI=1S/C24H31N5O5/c1-13(2)9-18(23(32)28-17(20(30)12-25)10-14-7-8-26-22(14)31)29-24(33)19-11-15-16(27-19)5-4-6-21(15)34-3/h4-6,11,13-14,17-18,20,27,30H,7-10H2,1-3H3,(H,26,31)(H,28,32)(H,29,33)/t14-,17-,18+,20?/m0/s1. The molecule has 1 aliphatic rings. The SMILES string of the molecule is COc1cccc2[nH]c(C(=O)N[C@H](CC(C)C)C(=O)N[C@@H](C[C@@H]3CCNC3=O)C(O)C#N)cc12. The molecule has 10 nitrogen and oxygen atoms in total. The summed E-state index contributed by atoms with van der Waals surface area (Å²) >= 11 is 0. The number of nitrogens with one attached hydrogen (secondary N) is 4. The van der Waals surface area contributed by atoms with E-state index >= 15 is 0 Å². The number of nitriles is 1. The first-order chi connectivity index (χ1) is 16.2. The first-order valence-corrected chi connectivity index (χ1v) is 11.4. The highest BCUT2D eigenvalue weighted by Crippen LogP contribution is 2.26. The molecule has 0 aliphatic carbocycles. The maximum atomic E-state index is 13.1. The Balaban J connectivity index is 1.75. The molecule has 1 aromatic heterocycles. The van der Waals surface area contributed by atoms with Gasteiger partial charge in [-0.3, -0.25) is 14.4 Å². The monoisotopic (exact) mass is 469 g/mol. The number of methoxy groups -OCH3 is 1. The van der Waals surface area contributed by atoms with Crippen molar-refractivity contribution < 1.29 is 24.2 Å². The average molecular weight is 470 g/mol. The van der Waals surface area contributed by atoms with Crippen molar-refractivity contribution in [3.05, 3.63) is 30.0 Å². The molecule has 1 fully saturated rings. The predicted octanol–water partition coefficient (Wildman–Crippen LogP) is 1.22. The lowest BCUT2D eigenvalue weighted by Gasteiger charge is -2.26. The van der Waals surface area contributed by atoms with Crippen LogP contribution in [0.4, 0.5) is 0 Å². The Bertz CT molecular complexity index is 1090. The summed E-state index contributed by atoms with van der Waals surface area (Å²) in [6, 6.07) is 6.98. The number of nitrogens with zero attached hydrogens (tertiary/aromatic N) is 1. The van der Waals surface area contributed by atoms with E-state index in [1.807, 2.05) is 19.9 Å². The van der Waals surface area contributed by atoms with Gasteiger partial charge in [0.05, 0.1) is 19.2 Å². The number of aromatic nitrogens is 1. The van der Waals surface area contributed by atoms with E-state index < -0.39 is 35.9 Å². The molecular weight excluding hydrogens is 438 g/mol. The van der Waals surface area contributed by atoms with Crippen LogP contribution in [-0.2, 0) is 9.59 Å². The zero-order valence-electron chi connectivity index (χ0n) is 19.6. The zero-order chi connectivity index (χ0) is 24.8. The van der Waals surface area contributed by atoms with E-state index in [4.69, 9.17) is 4.74 Å². The van der Waals surface area contributed by atoms with Gasteiger partial charge in [-0.2, -0.15) is 5.26 Å². The molecule has 0 spiro atoms. The number of hydrogen-bond acceptors (Lipinski definition) is 6. The minimum absolute atomic E-state index is 0.0822. The molecule has 2 heterocycles. The van der Waals surface area contributed by atoms with Crippen molar-refractivity contribution in [3.63, 3.8) is 0 Å². The lowest BCUT2D eigenvalue weighted by molar-refractivity contribution is -0.126. The topological polar surface area (TPSA) is 156 Å². The molecule has 10 heteroatoms. The molecule has 1 saturated heterocycles. The van der Waals surface area contributed by atoms with E-state index in [9.17, 15) is 24.8 Å². The maximum absolute atomic E-state index is 13.1. The van der Waals surface area contributed by atoms with Gasteiger partial charge >= 0.3 is 0 Å². The first-order valence-electron chi connectivity index (χ1n) is 11.4. The number of hydrogen-bond donors (Lipinski definition) is 5. The minimum atomic E-state index is -1.48. The van der Waals surface area contributed by atoms with E-state index in [2.05, 4.69) is 20.9 Å². The number of H-pyrrole nitrogens is 1. The van der Waals surface area contributed by atoms with Crippen molar-refractivity contribution in [2.45, 2.75) is 51.3 Å². The number of ether oxygens (including phenoxy) is 1. The van der Waals surface area contributed by atoms with Crippen LogP contribution in [0.15, 0.2) is 24.3 Å². The molecule has 1 unspecified atom stereocenters. The van der Waals surface area contributed by atoms with Gasteiger partial charge in [0.15, 0.2) is 6.10 Å². The number of aromatic amines is 1. The number of rotatable bonds is 10. The molecule has 34 heavy (non-hydrogen) atoms. The third-order valence-electron chi connectivity index (χ3n) is 5.96. The highest BCUT2D eigenvalue weighted by molar-refractivity contribution is 6.01. The van der Waals surface area contributed by atoms with Crippen LogP contribution in [0.2, 0.25) is 0 Å². The van der Waals surface area contributed by atoms with Gasteiger partial charge < -0.3 is 30.8 Å². The molecular formula is C24H31N5O5. The van der Waals surface area contributed by atoms with Gasteiger partial charge in [-0.15, -0.1) is 0 Å². The summed E-state index contributed by atoms with van der Waals surface area (Å²) in [5.41, 5.74) is 0.999. The van der Waals surface area contributed by atoms with Crippen LogP contribution in [0.25, 0.3) is 10.9 Å². The third kappa shape index (κ3) is 5.85. The fourth-order valence-corrected chi connectivity index (χ4v) is 4.18. The molecule has 0 bridgehead atoms. The summed E-state index contributed by atoms with van der Waals surface area (Å²) in [5, 5.41) is 28.3. The van der Waals surface area contributed by atoms with Crippen molar-refractivity contribution in [2.75, 3.05) is 13.7 Å². The fraction of sp³-hybridized carbons (Fsp3) is 0.500. The maximum Gasteiger partial charge on any atom is 0.268 e. The Labute approximate surface area is 198 Å². The van der Waals surface area contributed by atoms with Crippen molar-refractivity contribution in [3.8, 4) is 11.8 Å². The van der Waals surface area contributed by atoms with E-state index in [0.717, 1.165) is 10.9 Å². The molecule has 2 aromatic rings. The minimum Gasteiger partial charge on any atom is -0.496 e. The number of aliphatic hydroxyl groups is 1. The second kappa shape index (κ2) is 11.0. The fourth-order valence-electron chi connectivity index (χ4n) is 4.18. The van der Waals surface area contributed by atoms with Crippen LogP contribution in [0.3, 0.4) is 0 Å². The van der Waals surface area contributed by atoms with E-state index in [1.54, 1.807) is 31.4 Å². The van der Waals surface area contributed by atoms with Crippen molar-refractivity contribution in [1.29, 1.82) is 5.26 Å². The summed E-state index contributed by atoms with van der Waals surface area (Å²) < 4.78 is 5.34. The molecule has 182 valence electrons. The Morgan fingerprint density at radius 2 is 2.09 bits per heavy atom. The highest BCUT2D eigenvalue weighted by Gasteiger charge is 2.33. The van der Waals surface area contributed by atoms with E-state index in [0.29, 0.717) is 25.1 Å². The summed E-state index contributed by atoms with van der Waals surface area (Å²) in [6.07, 6.45) is -0.426. The number of carbonyl (C=O) groups is 3. The Morgan fingerprint density at radius 3 is 2.71 bits per heavy atom. The summed E-state index contributed by atoms with van der Waals surface area (Å²) in [5.74, 6) is -0.842. The highest BCUT2D eigenvalue weighted by atomic mass is 16.5. The second-order valence-electron chi connectivity index (χ2n) is 8.96. The number of aliphatic hydroxyl groups excluding tert-OH is 1. The van der Waals surface area contributed by atoms with Gasteiger partial charge in [0.1, 0.15) is 17.5 Å². The van der Waals surface area contributed by atoms with Gasteiger partial charge in [0.2, 0.25) is 11.8 Å². The molecule has 5 N–H and O–H groups in total. The van der Waals surface area contributed by atoms with Crippen molar-refractivity contribution >= 4 is 28.6 Å². The smallest absolute Gasteiger partial charge is 0.268 e. The molecule has 1 aromatic carbocycles. The molecule has 0 saturated carbocycles. The molecule has 3 rings (SSSR count). The molecule has 3 amide bonds. The molecule has 1 aliphatic heterocycles.